The molecule has 0 N–H and O–H groups in total. The first-order chi connectivity index (χ1) is 14.8. The van der Waals surface area contributed by atoms with E-state index in [0.29, 0.717) is 5.56 Å². The van der Waals surface area contributed by atoms with Gasteiger partial charge in [-0.15, -0.1) is 0 Å². The van der Waals surface area contributed by atoms with Crippen molar-refractivity contribution in [2.45, 2.75) is 33.7 Å². The van der Waals surface area contributed by atoms with E-state index in [4.69, 9.17) is 14.2 Å². The van der Waals surface area contributed by atoms with E-state index in [1.807, 2.05) is 0 Å². The van der Waals surface area contributed by atoms with Gasteiger partial charge in [0.15, 0.2) is 0 Å². The molecule has 1 aromatic carbocycles. The summed E-state index contributed by atoms with van der Waals surface area (Å²) in [4.78, 5) is 38.2. The van der Waals surface area contributed by atoms with Crippen molar-refractivity contribution in [2.75, 3.05) is 19.8 Å². The molecule has 1 aromatic heterocycles. The molecular weight excluding hydrogens is 414 g/mol. The summed E-state index contributed by atoms with van der Waals surface area (Å²) in [6.07, 6.45) is 2.35. The molecule has 0 unspecified atom stereocenters. The third-order valence-corrected chi connectivity index (χ3v) is 4.38. The van der Waals surface area contributed by atoms with E-state index in [9.17, 15) is 23.2 Å². The number of nitrogens with zero attached hydrogens (tertiary/aromatic N) is 2. The van der Waals surface area contributed by atoms with Crippen molar-refractivity contribution in [1.82, 2.24) is 9.78 Å². The van der Waals surface area contributed by atoms with Gasteiger partial charge in [0.1, 0.15) is 11.6 Å². The Morgan fingerprint density at radius 2 is 1.52 bits per heavy atom. The maximum Gasteiger partial charge on any atom is 0.335 e. The minimum atomic E-state index is -2.36. The molecule has 10 heteroatoms. The molecule has 1 heterocycles. The van der Waals surface area contributed by atoms with Crippen LogP contribution in [0.1, 0.15) is 31.9 Å². The van der Waals surface area contributed by atoms with Crippen molar-refractivity contribution in [3.8, 4) is 0 Å². The number of aromatic nitrogens is 2. The highest BCUT2D eigenvalue weighted by molar-refractivity contribution is 6.18. The van der Waals surface area contributed by atoms with Gasteiger partial charge in [-0.05, 0) is 32.4 Å². The standard InChI is InChI=1S/C21H24F2N2O6/c1-4-29-18(26)21(19(27)30-5-2,20(28)31-6-3)10-14-11-24-25(12-14)13-15-7-8-16(22)9-17(15)23/h7-9,11-12H,4-6,10,13H2,1-3H3. The summed E-state index contributed by atoms with van der Waals surface area (Å²) in [5.41, 5.74) is -1.86. The predicted octanol–water partition coefficient (Wildman–Crippen LogP) is 2.43. The highest BCUT2D eigenvalue weighted by Crippen LogP contribution is 2.29. The molecule has 8 nitrogen and oxygen atoms in total. The molecule has 0 aliphatic heterocycles. The first kappa shape index (κ1) is 24.0. The van der Waals surface area contributed by atoms with Gasteiger partial charge in [0.2, 0.25) is 0 Å². The molecular formula is C21H24F2N2O6. The zero-order valence-electron chi connectivity index (χ0n) is 17.5. The largest absolute Gasteiger partial charge is 0.465 e. The van der Waals surface area contributed by atoms with Crippen LogP contribution in [0, 0.1) is 17.0 Å². The Bertz CT molecular complexity index is 898. The fraction of sp³-hybridized carbons (Fsp3) is 0.429. The smallest absolute Gasteiger partial charge is 0.335 e. The summed E-state index contributed by atoms with van der Waals surface area (Å²) in [6, 6.07) is 3.16. The molecule has 0 fully saturated rings. The molecule has 2 aromatic rings. The number of halogens is 2. The number of benzene rings is 1. The van der Waals surface area contributed by atoms with Gasteiger partial charge < -0.3 is 14.2 Å². The minimum Gasteiger partial charge on any atom is -0.465 e. The van der Waals surface area contributed by atoms with Gasteiger partial charge in [-0.2, -0.15) is 5.10 Å². The normalized spacial score (nSPS) is 11.1. The maximum atomic E-state index is 13.9. The van der Waals surface area contributed by atoms with E-state index in [0.717, 1.165) is 12.1 Å². The van der Waals surface area contributed by atoms with Crippen molar-refractivity contribution in [3.63, 3.8) is 0 Å². The molecule has 31 heavy (non-hydrogen) atoms. The van der Waals surface area contributed by atoms with Gasteiger partial charge in [-0.1, -0.05) is 6.07 Å². The Morgan fingerprint density at radius 3 is 2.00 bits per heavy atom. The molecule has 0 atom stereocenters. The molecule has 0 spiro atoms. The number of hydrogen-bond acceptors (Lipinski definition) is 7. The molecule has 2 rings (SSSR count). The second kappa shape index (κ2) is 10.6. The van der Waals surface area contributed by atoms with Crippen molar-refractivity contribution >= 4 is 17.9 Å². The Kier molecular flexibility index (Phi) is 8.23. The summed E-state index contributed by atoms with van der Waals surface area (Å²) >= 11 is 0. The lowest BCUT2D eigenvalue weighted by Crippen LogP contribution is -2.51. The van der Waals surface area contributed by atoms with E-state index in [2.05, 4.69) is 5.10 Å². The highest BCUT2D eigenvalue weighted by Gasteiger charge is 2.57. The topological polar surface area (TPSA) is 96.7 Å². The number of esters is 3. The fourth-order valence-corrected chi connectivity index (χ4v) is 2.94. The van der Waals surface area contributed by atoms with Crippen LogP contribution < -0.4 is 0 Å². The van der Waals surface area contributed by atoms with Crippen LogP contribution in [0.15, 0.2) is 30.6 Å². The number of carbonyl (C=O) groups excluding carboxylic acids is 3. The summed E-state index contributed by atoms with van der Waals surface area (Å²) in [6.45, 7) is 4.38. The van der Waals surface area contributed by atoms with Gasteiger partial charge in [-0.25, -0.2) is 8.78 Å². The highest BCUT2D eigenvalue weighted by atomic mass is 19.1. The molecule has 0 aliphatic carbocycles. The van der Waals surface area contributed by atoms with Crippen molar-refractivity contribution in [1.29, 1.82) is 0 Å². The quantitative estimate of drug-likeness (QED) is 0.319. The zero-order valence-corrected chi connectivity index (χ0v) is 17.5. The van der Waals surface area contributed by atoms with E-state index >= 15 is 0 Å². The van der Waals surface area contributed by atoms with Crippen LogP contribution in [0.4, 0.5) is 8.78 Å². The van der Waals surface area contributed by atoms with Crippen molar-refractivity contribution in [2.24, 2.45) is 5.41 Å². The van der Waals surface area contributed by atoms with Crippen LogP contribution in [0.2, 0.25) is 0 Å². The Morgan fingerprint density at radius 1 is 0.968 bits per heavy atom. The van der Waals surface area contributed by atoms with Gasteiger partial charge >= 0.3 is 17.9 Å². The average molecular weight is 438 g/mol. The summed E-state index contributed by atoms with van der Waals surface area (Å²) < 4.78 is 43.3. The predicted molar refractivity (Wildman–Crippen MR) is 104 cm³/mol. The van der Waals surface area contributed by atoms with Crippen LogP contribution >= 0.6 is 0 Å². The Hall–Kier alpha value is -3.30. The third-order valence-electron chi connectivity index (χ3n) is 4.38. The number of hydrogen-bond donors (Lipinski definition) is 0. The van der Waals surface area contributed by atoms with Gasteiger partial charge in [0.25, 0.3) is 5.41 Å². The molecule has 168 valence electrons. The lowest BCUT2D eigenvalue weighted by Gasteiger charge is -2.26. The van der Waals surface area contributed by atoms with Crippen LogP contribution in [0.25, 0.3) is 0 Å². The van der Waals surface area contributed by atoms with Crippen molar-refractivity contribution in [3.05, 3.63) is 53.4 Å². The molecule has 0 amide bonds. The molecule has 0 saturated heterocycles. The first-order valence-corrected chi connectivity index (χ1v) is 9.75. The summed E-state index contributed by atoms with van der Waals surface area (Å²) in [5.74, 6) is -4.72. The van der Waals surface area contributed by atoms with Crippen LogP contribution in [-0.2, 0) is 41.6 Å². The Labute approximate surface area is 178 Å². The average Bonchev–Trinajstić information content (AvgIpc) is 3.15. The van der Waals surface area contributed by atoms with E-state index in [1.54, 1.807) is 0 Å². The van der Waals surface area contributed by atoms with E-state index in [1.165, 1.54) is 43.9 Å². The SMILES string of the molecule is CCOC(=O)C(Cc1cnn(Cc2ccc(F)cc2F)c1)(C(=O)OCC)C(=O)OCC. The third kappa shape index (κ3) is 5.44. The molecule has 0 saturated carbocycles. The number of rotatable bonds is 10. The zero-order chi connectivity index (χ0) is 23.0. The minimum absolute atomic E-state index is 0.0304. The van der Waals surface area contributed by atoms with Crippen LogP contribution in [-0.4, -0.2) is 47.5 Å². The lowest BCUT2D eigenvalue weighted by molar-refractivity contribution is -0.183. The van der Waals surface area contributed by atoms with E-state index < -0.39 is 41.4 Å². The molecule has 0 aliphatic rings. The van der Waals surface area contributed by atoms with Crippen molar-refractivity contribution < 1.29 is 37.4 Å². The second-order valence-electron chi connectivity index (χ2n) is 6.53. The summed E-state index contributed by atoms with van der Waals surface area (Å²) in [5, 5.41) is 4.08. The molecule has 0 radical (unpaired) electrons. The maximum absolute atomic E-state index is 13.9. The van der Waals surface area contributed by atoms with Crippen LogP contribution in [0.3, 0.4) is 0 Å². The van der Waals surface area contributed by atoms with Gasteiger partial charge in [0, 0.05) is 24.2 Å². The molecule has 0 bridgehead atoms. The van der Waals surface area contributed by atoms with Crippen LogP contribution in [0.5, 0.6) is 0 Å². The first-order valence-electron chi connectivity index (χ1n) is 9.75. The summed E-state index contributed by atoms with van der Waals surface area (Å²) in [7, 11) is 0. The van der Waals surface area contributed by atoms with Gasteiger partial charge in [0.05, 0.1) is 32.6 Å². The number of carbonyl (C=O) groups is 3. The van der Waals surface area contributed by atoms with Gasteiger partial charge in [-0.3, -0.25) is 19.1 Å². The monoisotopic (exact) mass is 438 g/mol. The number of ether oxygens (including phenoxy) is 3. The van der Waals surface area contributed by atoms with E-state index in [-0.39, 0.29) is 31.9 Å². The lowest BCUT2D eigenvalue weighted by atomic mass is 9.82. The fourth-order valence-electron chi connectivity index (χ4n) is 2.94. The second-order valence-corrected chi connectivity index (χ2v) is 6.53. The Balaban J connectivity index is 2.38.